The predicted molar refractivity (Wildman–Crippen MR) is 95.4 cm³/mol. The predicted octanol–water partition coefficient (Wildman–Crippen LogP) is 2.80. The minimum Gasteiger partial charge on any atom is -0.464 e. The molecular weight excluding hydrogens is 425 g/mol. The summed E-state index contributed by atoms with van der Waals surface area (Å²) >= 11 is 3.16. The molecule has 3 rings (SSSR count). The summed E-state index contributed by atoms with van der Waals surface area (Å²) in [6.45, 7) is 2.57. The number of nitrogens with zero attached hydrogens (tertiary/aromatic N) is 3. The molecule has 144 valence electrons. The molecule has 0 bridgehead atoms. The van der Waals surface area contributed by atoms with Crippen LogP contribution in [0.25, 0.3) is 10.9 Å². The smallest absolute Gasteiger partial charge is 0.417 e. The maximum atomic E-state index is 14.1. The molecule has 0 N–H and O–H groups in total. The Hall–Kier alpha value is -2.49. The van der Waals surface area contributed by atoms with E-state index in [1.165, 1.54) is 23.2 Å². The van der Waals surface area contributed by atoms with Gasteiger partial charge in [-0.2, -0.15) is 5.10 Å². The number of rotatable bonds is 4. The van der Waals surface area contributed by atoms with E-state index >= 15 is 0 Å². The van der Waals surface area contributed by atoms with Gasteiger partial charge in [-0.3, -0.25) is 0 Å². The van der Waals surface area contributed by atoms with Gasteiger partial charge in [-0.1, -0.05) is 15.9 Å². The van der Waals surface area contributed by atoms with E-state index in [0.717, 1.165) is 17.5 Å². The Morgan fingerprint density at radius 1 is 1.26 bits per heavy atom. The largest absolute Gasteiger partial charge is 0.464 e. The maximum Gasteiger partial charge on any atom is 0.417 e. The van der Waals surface area contributed by atoms with Crippen molar-refractivity contribution >= 4 is 44.9 Å². The molecule has 1 atom stereocenters. The lowest BCUT2D eigenvalue weighted by Gasteiger charge is -2.17. The number of ether oxygens (including phenoxy) is 2. The number of fused-ring (bicyclic) bond motifs is 1. The Bertz CT molecular complexity index is 894. The molecule has 1 aliphatic heterocycles. The van der Waals surface area contributed by atoms with Crippen molar-refractivity contribution in [2.75, 3.05) is 19.7 Å². The van der Waals surface area contributed by atoms with Gasteiger partial charge in [-0.25, -0.2) is 23.5 Å². The lowest BCUT2D eigenvalue weighted by atomic mass is 10.2. The summed E-state index contributed by atoms with van der Waals surface area (Å²) in [5.41, 5.74) is 0.231. The van der Waals surface area contributed by atoms with Gasteiger partial charge in [0.1, 0.15) is 5.82 Å². The fourth-order valence-electron chi connectivity index (χ4n) is 2.84. The molecule has 8 nitrogen and oxygen atoms in total. The molecular formula is C17H17BrFN3O5. The third-order valence-corrected chi connectivity index (χ3v) is 4.56. The van der Waals surface area contributed by atoms with Crippen molar-refractivity contribution in [2.45, 2.75) is 25.8 Å². The minimum absolute atomic E-state index is 0.0172. The van der Waals surface area contributed by atoms with Crippen LogP contribution in [0.15, 0.2) is 22.8 Å². The second-order valence-corrected chi connectivity index (χ2v) is 6.88. The standard InChI is InChI=1S/C17H17BrFN3O5/c1-2-26-15(23)14(16(24)27-17(25)21-5-3-4-6-21)22-9-11-12(19)7-10(18)8-13(11)20-22/h7-9,14H,2-6H2,1H3. The average molecular weight is 442 g/mol. The Morgan fingerprint density at radius 2 is 1.96 bits per heavy atom. The summed E-state index contributed by atoms with van der Waals surface area (Å²) in [5, 5.41) is 4.20. The number of aromatic nitrogens is 2. The lowest BCUT2D eigenvalue weighted by Crippen LogP contribution is -2.36. The van der Waals surface area contributed by atoms with Crippen molar-refractivity contribution in [3.8, 4) is 0 Å². The van der Waals surface area contributed by atoms with E-state index in [-0.39, 0.29) is 17.5 Å². The van der Waals surface area contributed by atoms with Gasteiger partial charge in [0.15, 0.2) is 0 Å². The van der Waals surface area contributed by atoms with Crippen molar-refractivity contribution in [3.63, 3.8) is 0 Å². The zero-order chi connectivity index (χ0) is 19.6. The van der Waals surface area contributed by atoms with Gasteiger partial charge < -0.3 is 14.4 Å². The summed E-state index contributed by atoms with van der Waals surface area (Å²) < 4.78 is 25.3. The van der Waals surface area contributed by atoms with E-state index in [1.807, 2.05) is 0 Å². The number of benzene rings is 1. The summed E-state index contributed by atoms with van der Waals surface area (Å²) in [6.07, 6.45) is 2.03. The van der Waals surface area contributed by atoms with Crippen LogP contribution in [-0.4, -0.2) is 52.4 Å². The van der Waals surface area contributed by atoms with Crippen molar-refractivity contribution in [2.24, 2.45) is 0 Å². The van der Waals surface area contributed by atoms with Gasteiger partial charge in [0, 0.05) is 23.8 Å². The normalized spacial score (nSPS) is 15.0. The minimum atomic E-state index is -1.65. The van der Waals surface area contributed by atoms with Crippen LogP contribution >= 0.6 is 15.9 Å². The molecule has 2 heterocycles. The molecule has 0 radical (unpaired) electrons. The van der Waals surface area contributed by atoms with Gasteiger partial charge in [0.2, 0.25) is 6.04 Å². The van der Waals surface area contributed by atoms with E-state index in [9.17, 15) is 18.8 Å². The van der Waals surface area contributed by atoms with Gasteiger partial charge >= 0.3 is 18.0 Å². The SMILES string of the molecule is CCOC(=O)C(C(=O)OC(=O)N1CCCC1)n1cc2c(F)cc(Br)cc2n1. The molecule has 1 amide bonds. The second-order valence-electron chi connectivity index (χ2n) is 5.97. The molecule has 1 unspecified atom stereocenters. The Labute approximate surface area is 162 Å². The molecule has 27 heavy (non-hydrogen) atoms. The zero-order valence-electron chi connectivity index (χ0n) is 14.5. The average Bonchev–Trinajstić information content (AvgIpc) is 3.24. The fraction of sp³-hybridized carbons (Fsp3) is 0.412. The van der Waals surface area contributed by atoms with Crippen LogP contribution in [0.4, 0.5) is 9.18 Å². The third-order valence-electron chi connectivity index (χ3n) is 4.11. The van der Waals surface area contributed by atoms with Crippen LogP contribution in [0, 0.1) is 5.82 Å². The van der Waals surface area contributed by atoms with Crippen LogP contribution in [0.5, 0.6) is 0 Å². The first-order valence-electron chi connectivity index (χ1n) is 8.42. The molecule has 0 spiro atoms. The number of hydrogen-bond acceptors (Lipinski definition) is 6. The number of likely N-dealkylation sites (tertiary alicyclic amines) is 1. The molecule has 1 aliphatic rings. The fourth-order valence-corrected chi connectivity index (χ4v) is 3.26. The van der Waals surface area contributed by atoms with Crippen molar-refractivity contribution in [1.29, 1.82) is 0 Å². The van der Waals surface area contributed by atoms with E-state index < -0.39 is 29.9 Å². The summed E-state index contributed by atoms with van der Waals surface area (Å²) in [7, 11) is 0. The van der Waals surface area contributed by atoms with Crippen LogP contribution in [0.3, 0.4) is 0 Å². The number of carbonyl (C=O) groups excluding carboxylic acids is 3. The molecule has 0 aliphatic carbocycles. The van der Waals surface area contributed by atoms with E-state index in [4.69, 9.17) is 9.47 Å². The van der Waals surface area contributed by atoms with Crippen LogP contribution < -0.4 is 0 Å². The number of carbonyl (C=O) groups is 3. The first-order valence-corrected chi connectivity index (χ1v) is 9.21. The van der Waals surface area contributed by atoms with E-state index in [2.05, 4.69) is 21.0 Å². The van der Waals surface area contributed by atoms with Crippen LogP contribution in [0.2, 0.25) is 0 Å². The van der Waals surface area contributed by atoms with Gasteiger partial charge in [0.25, 0.3) is 0 Å². The van der Waals surface area contributed by atoms with Crippen molar-refractivity contribution in [1.82, 2.24) is 14.7 Å². The van der Waals surface area contributed by atoms with Gasteiger partial charge in [0.05, 0.1) is 17.5 Å². The zero-order valence-corrected chi connectivity index (χ0v) is 16.1. The third kappa shape index (κ3) is 4.10. The number of halogens is 2. The highest BCUT2D eigenvalue weighted by Gasteiger charge is 2.36. The lowest BCUT2D eigenvalue weighted by molar-refractivity contribution is -0.157. The van der Waals surface area contributed by atoms with Crippen LogP contribution in [-0.2, 0) is 19.1 Å². The van der Waals surface area contributed by atoms with Crippen molar-refractivity contribution < 1.29 is 28.2 Å². The van der Waals surface area contributed by atoms with Gasteiger partial charge in [-0.05, 0) is 31.9 Å². The Morgan fingerprint density at radius 3 is 2.63 bits per heavy atom. The topological polar surface area (TPSA) is 90.7 Å². The highest BCUT2D eigenvalue weighted by molar-refractivity contribution is 9.10. The molecule has 1 fully saturated rings. The van der Waals surface area contributed by atoms with Crippen LogP contribution in [0.1, 0.15) is 25.8 Å². The number of esters is 2. The summed E-state index contributed by atoms with van der Waals surface area (Å²) in [5.74, 6) is -2.64. The molecule has 2 aromatic rings. The summed E-state index contributed by atoms with van der Waals surface area (Å²) in [4.78, 5) is 38.3. The van der Waals surface area contributed by atoms with Gasteiger partial charge in [-0.15, -0.1) is 0 Å². The highest BCUT2D eigenvalue weighted by atomic mass is 79.9. The Balaban J connectivity index is 1.91. The van der Waals surface area contributed by atoms with E-state index in [1.54, 1.807) is 6.92 Å². The Kier molecular flexibility index (Phi) is 5.73. The van der Waals surface area contributed by atoms with E-state index in [0.29, 0.717) is 17.6 Å². The monoisotopic (exact) mass is 441 g/mol. The first-order chi connectivity index (χ1) is 12.9. The second kappa shape index (κ2) is 8.03. The maximum absolute atomic E-state index is 14.1. The highest BCUT2D eigenvalue weighted by Crippen LogP contribution is 2.24. The molecule has 10 heteroatoms. The molecule has 1 aromatic carbocycles. The number of amides is 1. The number of hydrogen-bond donors (Lipinski definition) is 0. The first kappa shape index (κ1) is 19.3. The molecule has 1 saturated heterocycles. The summed E-state index contributed by atoms with van der Waals surface area (Å²) in [6, 6.07) is 1.13. The quantitative estimate of drug-likeness (QED) is 0.535. The molecule has 1 aromatic heterocycles. The molecule has 0 saturated carbocycles. The van der Waals surface area contributed by atoms with Crippen molar-refractivity contribution in [3.05, 3.63) is 28.6 Å².